The number of nitrogens with zero attached hydrogens (tertiary/aromatic N) is 3. The second-order valence-electron chi connectivity index (χ2n) is 6.62. The molecule has 0 aromatic carbocycles. The topological polar surface area (TPSA) is 75.9 Å². The van der Waals surface area contributed by atoms with Gasteiger partial charge in [0.2, 0.25) is 0 Å². The third kappa shape index (κ3) is 4.05. The predicted octanol–water partition coefficient (Wildman–Crippen LogP) is 3.01. The summed E-state index contributed by atoms with van der Waals surface area (Å²) in [6, 6.07) is 1.99. The van der Waals surface area contributed by atoms with Gasteiger partial charge in [-0.2, -0.15) is 13.2 Å². The molecule has 1 fully saturated rings. The molecule has 3 rings (SSSR count). The van der Waals surface area contributed by atoms with E-state index < -0.39 is 17.6 Å². The fraction of sp³-hybridized carbons (Fsp3) is 0.500. The molecule has 0 saturated carbocycles. The first-order chi connectivity index (χ1) is 13.2. The van der Waals surface area contributed by atoms with Crippen LogP contribution in [0.25, 0.3) is 5.65 Å². The van der Waals surface area contributed by atoms with Crippen LogP contribution in [0.5, 0.6) is 0 Å². The molecule has 10 heteroatoms. The molecule has 2 aromatic rings. The Bertz CT molecular complexity index is 886. The second kappa shape index (κ2) is 7.69. The number of piperidine rings is 1. The maximum atomic E-state index is 13.0. The number of halogens is 3. The monoisotopic (exact) mass is 398 g/mol. The van der Waals surface area contributed by atoms with Gasteiger partial charge in [-0.3, -0.25) is 9.20 Å². The van der Waals surface area contributed by atoms with Crippen LogP contribution in [0.15, 0.2) is 18.3 Å². The molecule has 1 saturated heterocycles. The van der Waals surface area contributed by atoms with E-state index >= 15 is 0 Å². The Morgan fingerprint density at radius 2 is 1.96 bits per heavy atom. The number of rotatable bonds is 3. The van der Waals surface area contributed by atoms with E-state index in [0.717, 1.165) is 12.3 Å². The number of likely N-dealkylation sites (tertiary alicyclic amines) is 1. The molecule has 0 atom stereocenters. The standard InChI is InChI=1S/C18H21F3N4O3/c1-3-28-17(27)24-8-6-13(7-9-24)23-16(26)15-11(2)22-14-5-4-12(10-25(14)15)18(19,20)21/h4-5,10,13H,3,6-9H2,1-2H3,(H,23,26). The highest BCUT2D eigenvalue weighted by molar-refractivity contribution is 5.94. The molecule has 28 heavy (non-hydrogen) atoms. The highest BCUT2D eigenvalue weighted by Gasteiger charge is 2.32. The molecule has 1 N–H and O–H groups in total. The zero-order valence-corrected chi connectivity index (χ0v) is 15.5. The number of ether oxygens (including phenoxy) is 1. The van der Waals surface area contributed by atoms with Crippen molar-refractivity contribution in [2.75, 3.05) is 19.7 Å². The average molecular weight is 398 g/mol. The van der Waals surface area contributed by atoms with E-state index in [9.17, 15) is 22.8 Å². The van der Waals surface area contributed by atoms with Crippen molar-refractivity contribution in [2.24, 2.45) is 0 Å². The number of amides is 2. The van der Waals surface area contributed by atoms with E-state index in [2.05, 4.69) is 10.3 Å². The fourth-order valence-electron chi connectivity index (χ4n) is 3.28. The predicted molar refractivity (Wildman–Crippen MR) is 94.0 cm³/mol. The van der Waals surface area contributed by atoms with Crippen molar-refractivity contribution in [1.29, 1.82) is 0 Å². The van der Waals surface area contributed by atoms with Crippen LogP contribution in [-0.4, -0.2) is 52.0 Å². The molecule has 0 unspecified atom stereocenters. The molecule has 1 aliphatic rings. The number of hydrogen-bond acceptors (Lipinski definition) is 4. The summed E-state index contributed by atoms with van der Waals surface area (Å²) in [5.74, 6) is -0.487. The normalized spacial score (nSPS) is 15.7. The van der Waals surface area contributed by atoms with Crippen molar-refractivity contribution in [1.82, 2.24) is 19.6 Å². The lowest BCUT2D eigenvalue weighted by Crippen LogP contribution is -2.47. The molecule has 0 spiro atoms. The molecule has 3 heterocycles. The number of nitrogens with one attached hydrogen (secondary N) is 1. The molecule has 0 aliphatic carbocycles. The van der Waals surface area contributed by atoms with E-state index in [1.165, 1.54) is 10.5 Å². The summed E-state index contributed by atoms with van der Waals surface area (Å²) < 4.78 is 45.1. The summed E-state index contributed by atoms with van der Waals surface area (Å²) in [5.41, 5.74) is -0.156. The van der Waals surface area contributed by atoms with Gasteiger partial charge in [0.15, 0.2) is 0 Å². The van der Waals surface area contributed by atoms with Crippen molar-refractivity contribution in [3.8, 4) is 0 Å². The Balaban J connectivity index is 1.74. The number of aromatic nitrogens is 2. The molecule has 2 aromatic heterocycles. The van der Waals surface area contributed by atoms with E-state index in [4.69, 9.17) is 4.74 Å². The number of hydrogen-bond donors (Lipinski definition) is 1. The zero-order valence-electron chi connectivity index (χ0n) is 15.5. The lowest BCUT2D eigenvalue weighted by Gasteiger charge is -2.31. The lowest BCUT2D eigenvalue weighted by molar-refractivity contribution is -0.137. The Morgan fingerprint density at radius 3 is 2.57 bits per heavy atom. The van der Waals surface area contributed by atoms with Gasteiger partial charge in [0.05, 0.1) is 17.9 Å². The average Bonchev–Trinajstić information content (AvgIpc) is 2.96. The number of aryl methyl sites for hydroxylation is 1. The molecule has 1 aliphatic heterocycles. The largest absolute Gasteiger partial charge is 0.450 e. The number of imidazole rings is 1. The van der Waals surface area contributed by atoms with Gasteiger partial charge < -0.3 is 15.0 Å². The Hall–Kier alpha value is -2.78. The number of alkyl halides is 3. The zero-order chi connectivity index (χ0) is 20.5. The maximum absolute atomic E-state index is 13.0. The highest BCUT2D eigenvalue weighted by Crippen LogP contribution is 2.29. The van der Waals surface area contributed by atoms with Crippen molar-refractivity contribution >= 4 is 17.6 Å². The van der Waals surface area contributed by atoms with Gasteiger partial charge in [-0.15, -0.1) is 0 Å². The van der Waals surface area contributed by atoms with Crippen LogP contribution in [0.2, 0.25) is 0 Å². The van der Waals surface area contributed by atoms with E-state index in [1.807, 2.05) is 0 Å². The Kier molecular flexibility index (Phi) is 5.48. The van der Waals surface area contributed by atoms with Gasteiger partial charge in [0.25, 0.3) is 5.91 Å². The van der Waals surface area contributed by atoms with E-state index in [-0.39, 0.29) is 23.5 Å². The van der Waals surface area contributed by atoms with Crippen LogP contribution in [0.4, 0.5) is 18.0 Å². The summed E-state index contributed by atoms with van der Waals surface area (Å²) >= 11 is 0. The fourth-order valence-corrected chi connectivity index (χ4v) is 3.28. The first-order valence-electron chi connectivity index (χ1n) is 8.99. The van der Waals surface area contributed by atoms with Crippen molar-refractivity contribution in [2.45, 2.75) is 38.9 Å². The van der Waals surface area contributed by atoms with E-state index in [0.29, 0.717) is 38.2 Å². The Morgan fingerprint density at radius 1 is 1.29 bits per heavy atom. The minimum atomic E-state index is -4.51. The van der Waals surface area contributed by atoms with Crippen LogP contribution >= 0.6 is 0 Å². The second-order valence-corrected chi connectivity index (χ2v) is 6.62. The molecular weight excluding hydrogens is 377 g/mol. The third-order valence-corrected chi connectivity index (χ3v) is 4.69. The quantitative estimate of drug-likeness (QED) is 0.863. The minimum absolute atomic E-state index is 0.0777. The summed E-state index contributed by atoms with van der Waals surface area (Å²) in [5, 5.41) is 2.84. The number of pyridine rings is 1. The molecular formula is C18H21F3N4O3. The van der Waals surface area contributed by atoms with Gasteiger partial charge in [0.1, 0.15) is 11.3 Å². The van der Waals surface area contributed by atoms with E-state index in [1.54, 1.807) is 18.7 Å². The van der Waals surface area contributed by atoms with Gasteiger partial charge in [-0.25, -0.2) is 9.78 Å². The van der Waals surface area contributed by atoms with Crippen LogP contribution < -0.4 is 5.32 Å². The number of carbonyl (C=O) groups excluding carboxylic acids is 2. The SMILES string of the molecule is CCOC(=O)N1CCC(NC(=O)c2c(C)nc3ccc(C(F)(F)F)cn23)CC1. The van der Waals surface area contributed by atoms with Crippen LogP contribution in [0.3, 0.4) is 0 Å². The lowest BCUT2D eigenvalue weighted by atomic mass is 10.1. The van der Waals surface area contributed by atoms with Crippen molar-refractivity contribution in [3.05, 3.63) is 35.3 Å². The van der Waals surface area contributed by atoms with Gasteiger partial charge >= 0.3 is 12.3 Å². The van der Waals surface area contributed by atoms with Crippen LogP contribution in [0.1, 0.15) is 41.5 Å². The summed E-state index contributed by atoms with van der Waals surface area (Å²) in [4.78, 5) is 30.2. The molecule has 0 radical (unpaired) electrons. The third-order valence-electron chi connectivity index (χ3n) is 4.69. The first-order valence-corrected chi connectivity index (χ1v) is 8.99. The summed E-state index contributed by atoms with van der Waals surface area (Å²) in [6.07, 6.45) is -2.94. The van der Waals surface area contributed by atoms with Gasteiger partial charge in [0, 0.05) is 25.3 Å². The van der Waals surface area contributed by atoms with Crippen LogP contribution in [0, 0.1) is 6.92 Å². The van der Waals surface area contributed by atoms with Gasteiger partial charge in [-0.1, -0.05) is 0 Å². The maximum Gasteiger partial charge on any atom is 0.417 e. The first kappa shape index (κ1) is 20.0. The summed E-state index contributed by atoms with van der Waals surface area (Å²) in [6.45, 7) is 4.48. The molecule has 7 nitrogen and oxygen atoms in total. The van der Waals surface area contributed by atoms with Crippen molar-refractivity contribution < 1.29 is 27.5 Å². The van der Waals surface area contributed by atoms with Crippen LogP contribution in [-0.2, 0) is 10.9 Å². The molecule has 0 bridgehead atoms. The summed E-state index contributed by atoms with van der Waals surface area (Å²) in [7, 11) is 0. The molecule has 152 valence electrons. The number of fused-ring (bicyclic) bond motifs is 1. The van der Waals surface area contributed by atoms with Gasteiger partial charge in [-0.05, 0) is 38.8 Å². The smallest absolute Gasteiger partial charge is 0.417 e. The molecule has 2 amide bonds. The minimum Gasteiger partial charge on any atom is -0.450 e. The highest BCUT2D eigenvalue weighted by atomic mass is 19.4. The Labute approximate surface area is 159 Å². The van der Waals surface area contributed by atoms with Crippen molar-refractivity contribution in [3.63, 3.8) is 0 Å². The number of carbonyl (C=O) groups is 2.